The van der Waals surface area contributed by atoms with E-state index in [0.29, 0.717) is 5.75 Å². The van der Waals surface area contributed by atoms with Gasteiger partial charge in [0.2, 0.25) is 5.91 Å². The van der Waals surface area contributed by atoms with E-state index in [2.05, 4.69) is 44.8 Å². The average Bonchev–Trinajstić information content (AvgIpc) is 3.24. The number of piperazine rings is 1. The Morgan fingerprint density at radius 3 is 2.42 bits per heavy atom. The lowest BCUT2D eigenvalue weighted by Gasteiger charge is -2.35. The molecule has 6 nitrogen and oxygen atoms in total. The highest BCUT2D eigenvalue weighted by atomic mass is 32.2. The lowest BCUT2D eigenvalue weighted by molar-refractivity contribution is -0.128. The maximum atomic E-state index is 13.0. The number of carbonyl (C=O) groups excluding carboxylic acids is 1. The van der Waals surface area contributed by atoms with Crippen LogP contribution in [0.2, 0.25) is 0 Å². The van der Waals surface area contributed by atoms with Gasteiger partial charge in [-0.3, -0.25) is 4.79 Å². The van der Waals surface area contributed by atoms with Crippen molar-refractivity contribution in [1.29, 1.82) is 0 Å². The fourth-order valence-electron chi connectivity index (χ4n) is 4.21. The maximum Gasteiger partial charge on any atom is 0.233 e. The van der Waals surface area contributed by atoms with Crippen LogP contribution in [-0.4, -0.2) is 57.3 Å². The summed E-state index contributed by atoms with van der Waals surface area (Å²) in [6.45, 7) is 3.90. The number of hydrogen-bond donors (Lipinski definition) is 0. The third-order valence-corrected chi connectivity index (χ3v) is 6.98. The smallest absolute Gasteiger partial charge is 0.233 e. The number of thioether (sulfide) groups is 1. The number of nitrogens with zero attached hydrogens (tertiary/aromatic N) is 5. The highest BCUT2D eigenvalue weighted by Crippen LogP contribution is 2.25. The van der Waals surface area contributed by atoms with E-state index < -0.39 is 0 Å². The van der Waals surface area contributed by atoms with Gasteiger partial charge in [0.15, 0.2) is 5.16 Å². The topological polar surface area (TPSA) is 54.3 Å². The molecule has 0 bridgehead atoms. The predicted octanol–water partition coefficient (Wildman–Crippen LogP) is 4.11. The molecule has 1 saturated heterocycles. The second-order valence-electron chi connectivity index (χ2n) is 8.11. The van der Waals surface area contributed by atoms with Crippen molar-refractivity contribution in [2.45, 2.75) is 18.1 Å². The summed E-state index contributed by atoms with van der Waals surface area (Å²) in [6, 6.07) is 24.6. The quantitative estimate of drug-likeness (QED) is 0.391. The summed E-state index contributed by atoms with van der Waals surface area (Å²) in [7, 11) is 0. The van der Waals surface area contributed by atoms with Crippen molar-refractivity contribution in [3.63, 3.8) is 0 Å². The zero-order chi connectivity index (χ0) is 22.5. The minimum Gasteiger partial charge on any atom is -0.353 e. The number of carbonyl (C=O) groups is 1. The molecule has 0 N–H and O–H groups in total. The van der Waals surface area contributed by atoms with Crippen molar-refractivity contribution >= 4 is 34.5 Å². The molecule has 4 aromatic rings. The number of aromatic nitrogens is 3. The number of anilines is 1. The fraction of sp³-hybridized carbons (Fsp3) is 0.269. The molecule has 0 aliphatic carbocycles. The van der Waals surface area contributed by atoms with Crippen LogP contribution in [0, 0.1) is 0 Å². The normalized spacial score (nSPS) is 14.1. The molecule has 0 unspecified atom stereocenters. The number of amides is 1. The Hall–Kier alpha value is -3.32. The van der Waals surface area contributed by atoms with Gasteiger partial charge in [-0.25, -0.2) is 9.97 Å². The number of imidazole rings is 1. The number of hydrogen-bond acceptors (Lipinski definition) is 5. The van der Waals surface area contributed by atoms with E-state index in [1.54, 1.807) is 11.8 Å². The van der Waals surface area contributed by atoms with Crippen LogP contribution in [0.25, 0.3) is 11.0 Å². The van der Waals surface area contributed by atoms with E-state index in [9.17, 15) is 4.79 Å². The van der Waals surface area contributed by atoms with Crippen LogP contribution < -0.4 is 4.90 Å². The van der Waals surface area contributed by atoms with Crippen molar-refractivity contribution in [3.05, 3.63) is 84.6 Å². The summed E-state index contributed by atoms with van der Waals surface area (Å²) in [5, 5.41) is 0.910. The summed E-state index contributed by atoms with van der Waals surface area (Å²) in [5.41, 5.74) is 3.39. The van der Waals surface area contributed by atoms with Gasteiger partial charge in [-0.05, 0) is 36.2 Å². The van der Waals surface area contributed by atoms with Crippen LogP contribution in [0.5, 0.6) is 0 Å². The Balaban J connectivity index is 1.22. The van der Waals surface area contributed by atoms with Gasteiger partial charge in [0.25, 0.3) is 0 Å². The second-order valence-corrected chi connectivity index (χ2v) is 9.06. The number of aryl methyl sites for hydroxylation is 2. The van der Waals surface area contributed by atoms with Crippen molar-refractivity contribution in [3.8, 4) is 0 Å². The number of rotatable bonds is 7. The van der Waals surface area contributed by atoms with Crippen molar-refractivity contribution in [1.82, 2.24) is 19.4 Å². The standard InChI is InChI=1S/C26H27N5OS/c32-25(30-18-16-29(17-19-30)24-12-6-7-14-27-24)20-33-26-28-22-10-4-5-11-23(22)31(26)15-13-21-8-2-1-3-9-21/h1-12,14H,13,15-20H2. The van der Waals surface area contributed by atoms with E-state index in [0.717, 1.165) is 61.2 Å². The van der Waals surface area contributed by atoms with Gasteiger partial charge in [-0.2, -0.15) is 0 Å². The van der Waals surface area contributed by atoms with Crippen LogP contribution >= 0.6 is 11.8 Å². The Morgan fingerprint density at radius 1 is 0.879 bits per heavy atom. The van der Waals surface area contributed by atoms with Crippen LogP contribution in [0.3, 0.4) is 0 Å². The van der Waals surface area contributed by atoms with E-state index in [-0.39, 0.29) is 5.91 Å². The predicted molar refractivity (Wildman–Crippen MR) is 134 cm³/mol. The number of benzene rings is 2. The SMILES string of the molecule is O=C(CSc1nc2ccccc2n1CCc1ccccc1)N1CCN(c2ccccn2)CC1. The van der Waals surface area contributed by atoms with E-state index in [4.69, 9.17) is 4.98 Å². The zero-order valence-electron chi connectivity index (χ0n) is 18.5. The molecule has 1 aliphatic rings. The molecule has 7 heteroatoms. The molecule has 168 valence electrons. The summed E-state index contributed by atoms with van der Waals surface area (Å²) in [4.78, 5) is 26.4. The molecular formula is C26H27N5OS. The Morgan fingerprint density at radius 2 is 1.64 bits per heavy atom. The Bertz CT molecular complexity index is 1200. The summed E-state index contributed by atoms with van der Waals surface area (Å²) < 4.78 is 2.25. The first-order chi connectivity index (χ1) is 16.3. The molecule has 5 rings (SSSR count). The first-order valence-electron chi connectivity index (χ1n) is 11.3. The Labute approximate surface area is 198 Å². The zero-order valence-corrected chi connectivity index (χ0v) is 19.3. The number of pyridine rings is 1. The highest BCUT2D eigenvalue weighted by Gasteiger charge is 2.22. The molecule has 1 aliphatic heterocycles. The van der Waals surface area contributed by atoms with Crippen molar-refractivity contribution in [2.24, 2.45) is 0 Å². The summed E-state index contributed by atoms with van der Waals surface area (Å²) in [5.74, 6) is 1.55. The maximum absolute atomic E-state index is 13.0. The van der Waals surface area contributed by atoms with E-state index >= 15 is 0 Å². The number of para-hydroxylation sites is 2. The average molecular weight is 458 g/mol. The van der Waals surface area contributed by atoms with Crippen LogP contribution in [0.4, 0.5) is 5.82 Å². The lowest BCUT2D eigenvalue weighted by atomic mass is 10.1. The largest absolute Gasteiger partial charge is 0.353 e. The molecule has 0 atom stereocenters. The van der Waals surface area contributed by atoms with Gasteiger partial charge in [0.05, 0.1) is 16.8 Å². The van der Waals surface area contributed by atoms with Gasteiger partial charge >= 0.3 is 0 Å². The molecule has 2 aromatic carbocycles. The third-order valence-electron chi connectivity index (χ3n) is 6.02. The molecule has 0 saturated carbocycles. The minimum absolute atomic E-state index is 0.169. The van der Waals surface area contributed by atoms with Gasteiger partial charge in [-0.15, -0.1) is 0 Å². The molecule has 0 spiro atoms. The Kier molecular flexibility index (Phi) is 6.58. The summed E-state index contributed by atoms with van der Waals surface area (Å²) >= 11 is 1.54. The van der Waals surface area contributed by atoms with E-state index in [1.807, 2.05) is 53.6 Å². The molecule has 3 heterocycles. The highest BCUT2D eigenvalue weighted by molar-refractivity contribution is 7.99. The number of fused-ring (bicyclic) bond motifs is 1. The van der Waals surface area contributed by atoms with Crippen molar-refractivity contribution < 1.29 is 4.79 Å². The van der Waals surface area contributed by atoms with Crippen LogP contribution in [-0.2, 0) is 17.8 Å². The van der Waals surface area contributed by atoms with E-state index in [1.165, 1.54) is 5.56 Å². The van der Waals surface area contributed by atoms with Gasteiger partial charge < -0.3 is 14.4 Å². The van der Waals surface area contributed by atoms with Gasteiger partial charge in [0, 0.05) is 38.9 Å². The molecule has 2 aromatic heterocycles. The molecule has 1 fully saturated rings. The molecule has 0 radical (unpaired) electrons. The first-order valence-corrected chi connectivity index (χ1v) is 12.3. The lowest BCUT2D eigenvalue weighted by Crippen LogP contribution is -2.49. The molecular weight excluding hydrogens is 430 g/mol. The fourth-order valence-corrected chi connectivity index (χ4v) is 5.15. The van der Waals surface area contributed by atoms with Gasteiger partial charge in [-0.1, -0.05) is 60.3 Å². The molecule has 33 heavy (non-hydrogen) atoms. The van der Waals surface area contributed by atoms with Crippen molar-refractivity contribution in [2.75, 3.05) is 36.8 Å². The van der Waals surface area contributed by atoms with Crippen LogP contribution in [0.1, 0.15) is 5.56 Å². The monoisotopic (exact) mass is 457 g/mol. The minimum atomic E-state index is 0.169. The molecule has 1 amide bonds. The van der Waals surface area contributed by atoms with Crippen LogP contribution in [0.15, 0.2) is 84.1 Å². The summed E-state index contributed by atoms with van der Waals surface area (Å²) in [6.07, 6.45) is 2.74. The third kappa shape index (κ3) is 5.03. The first kappa shape index (κ1) is 21.5. The van der Waals surface area contributed by atoms with Gasteiger partial charge in [0.1, 0.15) is 5.82 Å². The second kappa shape index (κ2) is 10.1.